The largest absolute Gasteiger partial charge is 0.397 e. The lowest BCUT2D eigenvalue weighted by Crippen LogP contribution is -2.27. The molecule has 0 aromatic heterocycles. The Kier molecular flexibility index (Phi) is 3.54. The van der Waals surface area contributed by atoms with Crippen LogP contribution in [0.5, 0.6) is 0 Å². The SMILES string of the molecule is N#CCCN(c1ccc(I)cc1N)C1CC1. The lowest BCUT2D eigenvalue weighted by molar-refractivity contribution is 0.794. The molecule has 1 aromatic rings. The maximum absolute atomic E-state index is 8.67. The molecule has 1 fully saturated rings. The van der Waals surface area contributed by atoms with Gasteiger partial charge in [0.15, 0.2) is 0 Å². The third-order valence-electron chi connectivity index (χ3n) is 2.75. The van der Waals surface area contributed by atoms with Crippen LogP contribution < -0.4 is 10.6 Å². The molecule has 0 aliphatic heterocycles. The fourth-order valence-corrected chi connectivity index (χ4v) is 2.36. The molecule has 0 heterocycles. The zero-order chi connectivity index (χ0) is 11.5. The Bertz CT molecular complexity index is 421. The molecule has 1 saturated carbocycles. The second-order valence-corrected chi connectivity index (χ2v) is 5.28. The van der Waals surface area contributed by atoms with E-state index in [0.717, 1.165) is 21.5 Å². The second-order valence-electron chi connectivity index (χ2n) is 4.04. The minimum absolute atomic E-state index is 0.557. The maximum atomic E-state index is 8.67. The molecular formula is C12H14IN3. The number of nitrogen functional groups attached to an aromatic ring is 1. The number of nitrogens with zero attached hydrogens (tertiary/aromatic N) is 2. The van der Waals surface area contributed by atoms with Gasteiger partial charge in [0.2, 0.25) is 0 Å². The van der Waals surface area contributed by atoms with Crippen molar-refractivity contribution in [1.82, 2.24) is 0 Å². The van der Waals surface area contributed by atoms with E-state index in [4.69, 9.17) is 11.0 Å². The average Bonchev–Trinajstić information content (AvgIpc) is 3.05. The highest BCUT2D eigenvalue weighted by Crippen LogP contribution is 2.35. The number of nitrogens with two attached hydrogens (primary N) is 1. The summed E-state index contributed by atoms with van der Waals surface area (Å²) in [5, 5.41) is 8.67. The smallest absolute Gasteiger partial charge is 0.0640 e. The molecule has 0 unspecified atom stereocenters. The first-order valence-electron chi connectivity index (χ1n) is 5.41. The van der Waals surface area contributed by atoms with Crippen LogP contribution in [0.15, 0.2) is 18.2 Å². The fraction of sp³-hybridized carbons (Fsp3) is 0.417. The third-order valence-corrected chi connectivity index (χ3v) is 3.42. The highest BCUT2D eigenvalue weighted by atomic mass is 127. The van der Waals surface area contributed by atoms with Gasteiger partial charge in [0.05, 0.1) is 23.9 Å². The van der Waals surface area contributed by atoms with Crippen LogP contribution in [0, 0.1) is 14.9 Å². The van der Waals surface area contributed by atoms with Gasteiger partial charge < -0.3 is 10.6 Å². The number of hydrogen-bond donors (Lipinski definition) is 1. The molecule has 3 nitrogen and oxygen atoms in total. The normalized spacial score (nSPS) is 14.5. The van der Waals surface area contributed by atoms with Crippen molar-refractivity contribution in [1.29, 1.82) is 5.26 Å². The summed E-state index contributed by atoms with van der Waals surface area (Å²) >= 11 is 2.26. The highest BCUT2D eigenvalue weighted by molar-refractivity contribution is 14.1. The number of benzene rings is 1. The predicted octanol–water partition coefficient (Wildman–Crippen LogP) is 2.76. The third kappa shape index (κ3) is 2.59. The van der Waals surface area contributed by atoms with E-state index < -0.39 is 0 Å². The first-order chi connectivity index (χ1) is 7.72. The number of hydrogen-bond acceptors (Lipinski definition) is 3. The van der Waals surface area contributed by atoms with Gasteiger partial charge in [-0.2, -0.15) is 5.26 Å². The van der Waals surface area contributed by atoms with Crippen LogP contribution in [0.25, 0.3) is 0 Å². The van der Waals surface area contributed by atoms with Crippen molar-refractivity contribution < 1.29 is 0 Å². The molecular weight excluding hydrogens is 313 g/mol. The van der Waals surface area contributed by atoms with Gasteiger partial charge in [0.25, 0.3) is 0 Å². The zero-order valence-corrected chi connectivity index (χ0v) is 11.1. The molecule has 84 valence electrons. The molecule has 1 aliphatic rings. The molecule has 0 spiro atoms. The van der Waals surface area contributed by atoms with E-state index in [-0.39, 0.29) is 0 Å². The van der Waals surface area contributed by atoms with Gasteiger partial charge in [-0.05, 0) is 53.6 Å². The molecule has 0 bridgehead atoms. The van der Waals surface area contributed by atoms with Gasteiger partial charge in [-0.25, -0.2) is 0 Å². The molecule has 0 radical (unpaired) electrons. The molecule has 1 aromatic carbocycles. The van der Waals surface area contributed by atoms with E-state index in [1.54, 1.807) is 0 Å². The Hall–Kier alpha value is -0.960. The van der Waals surface area contributed by atoms with Crippen molar-refractivity contribution in [2.24, 2.45) is 0 Å². The summed E-state index contributed by atoms with van der Waals surface area (Å²) in [6.45, 7) is 0.784. The Morgan fingerprint density at radius 2 is 2.25 bits per heavy atom. The highest BCUT2D eigenvalue weighted by Gasteiger charge is 2.29. The molecule has 2 N–H and O–H groups in total. The molecule has 1 aliphatic carbocycles. The average molecular weight is 327 g/mol. The predicted molar refractivity (Wildman–Crippen MR) is 74.2 cm³/mol. The summed E-state index contributed by atoms with van der Waals surface area (Å²) in [7, 11) is 0. The summed E-state index contributed by atoms with van der Waals surface area (Å²) in [6.07, 6.45) is 3.00. The van der Waals surface area contributed by atoms with Gasteiger partial charge in [-0.3, -0.25) is 0 Å². The van der Waals surface area contributed by atoms with E-state index in [1.165, 1.54) is 12.8 Å². The van der Waals surface area contributed by atoms with E-state index >= 15 is 0 Å². The minimum atomic E-state index is 0.557. The van der Waals surface area contributed by atoms with Crippen LogP contribution >= 0.6 is 22.6 Å². The van der Waals surface area contributed by atoms with Gasteiger partial charge in [-0.15, -0.1) is 0 Å². The van der Waals surface area contributed by atoms with Crippen molar-refractivity contribution in [3.63, 3.8) is 0 Å². The molecule has 0 amide bonds. The van der Waals surface area contributed by atoms with E-state index in [2.05, 4.69) is 45.7 Å². The molecule has 0 saturated heterocycles. The Morgan fingerprint density at radius 1 is 1.50 bits per heavy atom. The van der Waals surface area contributed by atoms with Crippen molar-refractivity contribution in [3.8, 4) is 6.07 Å². The Labute approximate surface area is 109 Å². The molecule has 16 heavy (non-hydrogen) atoms. The number of rotatable bonds is 4. The van der Waals surface area contributed by atoms with Crippen LogP contribution in [-0.4, -0.2) is 12.6 Å². The van der Waals surface area contributed by atoms with E-state index in [0.29, 0.717) is 12.5 Å². The van der Waals surface area contributed by atoms with Crippen LogP contribution in [0.1, 0.15) is 19.3 Å². The van der Waals surface area contributed by atoms with Crippen molar-refractivity contribution in [2.45, 2.75) is 25.3 Å². The summed E-state index contributed by atoms with van der Waals surface area (Å²) in [5.74, 6) is 0. The fourth-order valence-electron chi connectivity index (χ4n) is 1.84. The van der Waals surface area contributed by atoms with Crippen LogP contribution in [-0.2, 0) is 0 Å². The first-order valence-corrected chi connectivity index (χ1v) is 6.49. The Morgan fingerprint density at radius 3 is 2.81 bits per heavy atom. The van der Waals surface area contributed by atoms with Crippen molar-refractivity contribution in [3.05, 3.63) is 21.8 Å². The molecule has 4 heteroatoms. The van der Waals surface area contributed by atoms with Crippen LogP contribution in [0.3, 0.4) is 0 Å². The Balaban J connectivity index is 2.21. The van der Waals surface area contributed by atoms with Crippen LogP contribution in [0.2, 0.25) is 0 Å². The lowest BCUT2D eigenvalue weighted by atomic mass is 10.2. The van der Waals surface area contributed by atoms with Gasteiger partial charge in [0, 0.05) is 16.2 Å². The van der Waals surface area contributed by atoms with E-state index in [1.807, 2.05) is 6.07 Å². The standard InChI is InChI=1S/C12H14IN3/c13-9-2-5-12(11(15)8-9)16(7-1-6-14)10-3-4-10/h2,5,8,10H,1,3-4,7,15H2. The van der Waals surface area contributed by atoms with Gasteiger partial charge in [-0.1, -0.05) is 0 Å². The summed E-state index contributed by atoms with van der Waals surface area (Å²) < 4.78 is 1.15. The lowest BCUT2D eigenvalue weighted by Gasteiger charge is -2.25. The molecule has 2 rings (SSSR count). The maximum Gasteiger partial charge on any atom is 0.0640 e. The van der Waals surface area contributed by atoms with Crippen molar-refractivity contribution >= 4 is 34.0 Å². The zero-order valence-electron chi connectivity index (χ0n) is 8.99. The minimum Gasteiger partial charge on any atom is -0.397 e. The summed E-state index contributed by atoms with van der Waals surface area (Å²) in [4.78, 5) is 2.27. The monoisotopic (exact) mass is 327 g/mol. The second kappa shape index (κ2) is 4.91. The van der Waals surface area contributed by atoms with E-state index in [9.17, 15) is 0 Å². The quantitative estimate of drug-likeness (QED) is 0.683. The molecule has 0 atom stereocenters. The number of nitriles is 1. The van der Waals surface area contributed by atoms with Crippen LogP contribution in [0.4, 0.5) is 11.4 Å². The number of halogens is 1. The number of anilines is 2. The summed E-state index contributed by atoms with van der Waals surface area (Å²) in [5.41, 5.74) is 7.93. The van der Waals surface area contributed by atoms with Gasteiger partial charge >= 0.3 is 0 Å². The van der Waals surface area contributed by atoms with Crippen molar-refractivity contribution in [2.75, 3.05) is 17.2 Å². The summed E-state index contributed by atoms with van der Waals surface area (Å²) in [6, 6.07) is 8.90. The topological polar surface area (TPSA) is 53.0 Å². The van der Waals surface area contributed by atoms with Gasteiger partial charge in [0.1, 0.15) is 0 Å². The first kappa shape index (κ1) is 11.5.